The number of halogens is 5. The number of hydrogen-bond donors (Lipinski definition) is 1. The van der Waals surface area contributed by atoms with Gasteiger partial charge in [-0.1, -0.05) is 0 Å². The summed E-state index contributed by atoms with van der Waals surface area (Å²) in [6.07, 6.45) is -5.65. The summed E-state index contributed by atoms with van der Waals surface area (Å²) in [6.45, 7) is 4.52. The van der Waals surface area contributed by atoms with Gasteiger partial charge in [-0.25, -0.2) is 18.3 Å². The van der Waals surface area contributed by atoms with Crippen LogP contribution in [-0.4, -0.2) is 21.5 Å². The molecule has 6 nitrogen and oxygen atoms in total. The van der Waals surface area contributed by atoms with Gasteiger partial charge in [0, 0.05) is 6.07 Å². The average molecular weight is 388 g/mol. The summed E-state index contributed by atoms with van der Waals surface area (Å²) >= 11 is 0. The van der Waals surface area contributed by atoms with E-state index in [1.54, 1.807) is 0 Å². The predicted molar refractivity (Wildman–Crippen MR) is 83.1 cm³/mol. The number of anilines is 1. The molecule has 0 bridgehead atoms. The molecule has 144 valence electrons. The molecule has 27 heavy (non-hydrogen) atoms. The Kier molecular flexibility index (Phi) is 5.12. The zero-order valence-corrected chi connectivity index (χ0v) is 14.3. The van der Waals surface area contributed by atoms with Gasteiger partial charge < -0.3 is 4.74 Å². The lowest BCUT2D eigenvalue weighted by atomic mass is 10.1. The van der Waals surface area contributed by atoms with Gasteiger partial charge in [0.1, 0.15) is 23.2 Å². The Morgan fingerprint density at radius 3 is 2.41 bits per heavy atom. The summed E-state index contributed by atoms with van der Waals surface area (Å²) in [5.74, 6) is -2.57. The highest BCUT2D eigenvalue weighted by molar-refractivity contribution is 5.85. The topological polar surface area (TPSA) is 79.9 Å². The first-order chi connectivity index (χ1) is 12.3. The zero-order valence-electron chi connectivity index (χ0n) is 14.3. The second-order valence-corrected chi connectivity index (χ2v) is 6.34. The fourth-order valence-electron chi connectivity index (χ4n) is 2.16. The number of nitrogens with one attached hydrogen (secondary N) is 1. The maximum absolute atomic E-state index is 14.1. The Bertz CT molecular complexity index is 923. The summed E-state index contributed by atoms with van der Waals surface area (Å²) in [5, 5.41) is 14.3. The second-order valence-electron chi connectivity index (χ2n) is 6.34. The number of ether oxygens (including phenoxy) is 1. The number of aromatic nitrogens is 2. The molecule has 1 heterocycles. The van der Waals surface area contributed by atoms with Crippen molar-refractivity contribution in [2.24, 2.45) is 0 Å². The van der Waals surface area contributed by atoms with E-state index in [-0.39, 0.29) is 4.68 Å². The summed E-state index contributed by atoms with van der Waals surface area (Å²) in [6, 6.07) is 2.30. The van der Waals surface area contributed by atoms with Crippen LogP contribution in [0.25, 0.3) is 5.69 Å². The first-order valence-electron chi connectivity index (χ1n) is 7.38. The molecule has 11 heteroatoms. The number of alkyl halides is 3. The summed E-state index contributed by atoms with van der Waals surface area (Å²) in [5.41, 5.74) is -4.96. The van der Waals surface area contributed by atoms with E-state index in [2.05, 4.69) is 5.10 Å². The minimum absolute atomic E-state index is 0.0834. The maximum Gasteiger partial charge on any atom is 0.435 e. The molecule has 2 rings (SSSR count). The number of amides is 1. The van der Waals surface area contributed by atoms with Crippen molar-refractivity contribution in [2.45, 2.75) is 32.5 Å². The monoisotopic (exact) mass is 388 g/mol. The first-order valence-corrected chi connectivity index (χ1v) is 7.38. The van der Waals surface area contributed by atoms with Crippen molar-refractivity contribution in [1.29, 1.82) is 5.26 Å². The summed E-state index contributed by atoms with van der Waals surface area (Å²) < 4.78 is 72.9. The van der Waals surface area contributed by atoms with Crippen molar-refractivity contribution in [3.8, 4) is 11.8 Å². The number of carbonyl (C=O) groups is 1. The number of rotatable bonds is 2. The van der Waals surface area contributed by atoms with Crippen LogP contribution in [0, 0.1) is 23.0 Å². The van der Waals surface area contributed by atoms with Crippen molar-refractivity contribution in [3.63, 3.8) is 0 Å². The normalized spacial score (nSPS) is 11.8. The van der Waals surface area contributed by atoms with Crippen molar-refractivity contribution in [3.05, 3.63) is 41.2 Å². The molecular formula is C16H13F5N4O2. The SMILES string of the molecule is CC(C)(C)OC(=O)Nc1cnn(-c2c(F)cc(F)cc2C#N)c1C(F)(F)F. The third kappa shape index (κ3) is 4.52. The fraction of sp³-hybridized carbons (Fsp3) is 0.312. The van der Waals surface area contributed by atoms with Gasteiger partial charge in [-0.2, -0.15) is 23.5 Å². The highest BCUT2D eigenvalue weighted by atomic mass is 19.4. The number of hydrogen-bond acceptors (Lipinski definition) is 4. The van der Waals surface area contributed by atoms with E-state index in [0.29, 0.717) is 18.3 Å². The molecule has 0 aliphatic carbocycles. The van der Waals surface area contributed by atoms with Crippen LogP contribution in [0.1, 0.15) is 32.0 Å². The highest BCUT2D eigenvalue weighted by Gasteiger charge is 2.40. The molecule has 1 N–H and O–H groups in total. The average Bonchev–Trinajstić information content (AvgIpc) is 2.87. The summed E-state index contributed by atoms with van der Waals surface area (Å²) in [7, 11) is 0. The lowest BCUT2D eigenvalue weighted by Gasteiger charge is -2.20. The van der Waals surface area contributed by atoms with E-state index in [4.69, 9.17) is 10.00 Å². The van der Waals surface area contributed by atoms with Crippen LogP contribution in [-0.2, 0) is 10.9 Å². The molecule has 0 aliphatic heterocycles. The van der Waals surface area contributed by atoms with E-state index in [1.807, 2.05) is 5.32 Å². The third-order valence-corrected chi connectivity index (χ3v) is 3.03. The fourth-order valence-corrected chi connectivity index (χ4v) is 2.16. The van der Waals surface area contributed by atoms with Crippen molar-refractivity contribution < 1.29 is 31.5 Å². The molecule has 0 fully saturated rings. The van der Waals surface area contributed by atoms with E-state index >= 15 is 0 Å². The molecule has 0 unspecified atom stereocenters. The standard InChI is InChI=1S/C16H13F5N4O2/c1-15(2,3)27-14(26)24-11-7-23-25(13(11)16(19,20)21)12-8(6-22)4-9(17)5-10(12)18/h4-5,7H,1-3H3,(H,24,26). The Morgan fingerprint density at radius 2 is 1.89 bits per heavy atom. The quantitative estimate of drug-likeness (QED) is 0.774. The van der Waals surface area contributed by atoms with Gasteiger partial charge in [0.05, 0.1) is 17.4 Å². The largest absolute Gasteiger partial charge is 0.444 e. The second kappa shape index (κ2) is 6.86. The van der Waals surface area contributed by atoms with E-state index in [1.165, 1.54) is 26.8 Å². The predicted octanol–water partition coefficient (Wildman–Crippen LogP) is 4.39. The third-order valence-electron chi connectivity index (χ3n) is 3.03. The first kappa shape index (κ1) is 20.2. The van der Waals surface area contributed by atoms with Gasteiger partial charge in [-0.05, 0) is 26.8 Å². The van der Waals surface area contributed by atoms with Crippen LogP contribution >= 0.6 is 0 Å². The molecule has 2 aromatic rings. The van der Waals surface area contributed by atoms with E-state index in [0.717, 1.165) is 0 Å². The van der Waals surface area contributed by atoms with Gasteiger partial charge in [-0.15, -0.1) is 0 Å². The van der Waals surface area contributed by atoms with E-state index in [9.17, 15) is 26.7 Å². The zero-order chi connectivity index (χ0) is 20.6. The van der Waals surface area contributed by atoms with Crippen LogP contribution < -0.4 is 5.32 Å². The van der Waals surface area contributed by atoms with Crippen LogP contribution in [0.15, 0.2) is 18.3 Å². The lowest BCUT2D eigenvalue weighted by Crippen LogP contribution is -2.28. The lowest BCUT2D eigenvalue weighted by molar-refractivity contribution is -0.142. The number of benzene rings is 1. The van der Waals surface area contributed by atoms with Crippen molar-refractivity contribution in [2.75, 3.05) is 5.32 Å². The summed E-state index contributed by atoms with van der Waals surface area (Å²) in [4.78, 5) is 11.8. The van der Waals surface area contributed by atoms with Crippen LogP contribution in [0.4, 0.5) is 32.4 Å². The molecule has 0 radical (unpaired) electrons. The number of nitriles is 1. The van der Waals surface area contributed by atoms with Gasteiger partial charge in [-0.3, -0.25) is 5.32 Å². The molecule has 0 saturated heterocycles. The van der Waals surface area contributed by atoms with Gasteiger partial charge in [0.15, 0.2) is 11.5 Å². The molecule has 0 spiro atoms. The Hall–Kier alpha value is -3.16. The van der Waals surface area contributed by atoms with Gasteiger partial charge in [0.2, 0.25) is 0 Å². The minimum atomic E-state index is -5.09. The number of carbonyl (C=O) groups excluding carboxylic acids is 1. The molecule has 0 saturated carbocycles. The highest BCUT2D eigenvalue weighted by Crippen LogP contribution is 2.37. The molecular weight excluding hydrogens is 375 g/mol. The van der Waals surface area contributed by atoms with Crippen LogP contribution in [0.5, 0.6) is 0 Å². The molecule has 0 atom stereocenters. The van der Waals surface area contributed by atoms with Crippen LogP contribution in [0.2, 0.25) is 0 Å². The molecule has 1 aromatic heterocycles. The van der Waals surface area contributed by atoms with Crippen molar-refractivity contribution in [1.82, 2.24) is 9.78 Å². The van der Waals surface area contributed by atoms with E-state index < -0.39 is 52.1 Å². The molecule has 1 aromatic carbocycles. The Balaban J connectivity index is 2.60. The Labute approximate surface area is 150 Å². The van der Waals surface area contributed by atoms with Crippen molar-refractivity contribution >= 4 is 11.8 Å². The maximum atomic E-state index is 14.1. The van der Waals surface area contributed by atoms with Gasteiger partial charge in [0.25, 0.3) is 0 Å². The molecule has 1 amide bonds. The van der Waals surface area contributed by atoms with Gasteiger partial charge >= 0.3 is 12.3 Å². The number of nitrogens with zero attached hydrogens (tertiary/aromatic N) is 3. The Morgan fingerprint density at radius 1 is 1.26 bits per heavy atom. The minimum Gasteiger partial charge on any atom is -0.444 e. The van der Waals surface area contributed by atoms with Crippen LogP contribution in [0.3, 0.4) is 0 Å². The smallest absolute Gasteiger partial charge is 0.435 e. The molecule has 0 aliphatic rings.